The lowest BCUT2D eigenvalue weighted by molar-refractivity contribution is 0.464. The highest BCUT2D eigenvalue weighted by molar-refractivity contribution is 4.99. The van der Waals surface area contributed by atoms with Crippen LogP contribution >= 0.6 is 0 Å². The van der Waals surface area contributed by atoms with Crippen LogP contribution < -0.4 is 0 Å². The summed E-state index contributed by atoms with van der Waals surface area (Å²) < 4.78 is 0. The van der Waals surface area contributed by atoms with Gasteiger partial charge in [0.05, 0.1) is 0 Å². The molecule has 0 aromatic carbocycles. The Morgan fingerprint density at radius 3 is 2.45 bits per heavy atom. The van der Waals surface area contributed by atoms with Crippen LogP contribution in [0.15, 0.2) is 0 Å². The summed E-state index contributed by atoms with van der Waals surface area (Å²) in [7, 11) is 2.05. The van der Waals surface area contributed by atoms with Gasteiger partial charge >= 0.3 is 0 Å². The Bertz CT molecular complexity index is 139. The fourth-order valence-electron chi connectivity index (χ4n) is 0.690. The van der Waals surface area contributed by atoms with Gasteiger partial charge in [0.15, 0.2) is 0 Å². The molecule has 0 heterocycles. The van der Waals surface area contributed by atoms with Gasteiger partial charge in [-0.05, 0) is 6.42 Å². The average molecular weight is 153 g/mol. The van der Waals surface area contributed by atoms with E-state index in [0.29, 0.717) is 5.92 Å². The summed E-state index contributed by atoms with van der Waals surface area (Å²) in [6, 6.07) is 3.10. The van der Waals surface area contributed by atoms with Crippen LogP contribution in [0.1, 0.15) is 33.6 Å². The van der Waals surface area contributed by atoms with E-state index in [4.69, 9.17) is 0 Å². The highest BCUT2D eigenvalue weighted by Gasteiger charge is 1.89. The molecule has 64 valence electrons. The van der Waals surface area contributed by atoms with E-state index in [0.717, 1.165) is 6.54 Å². The summed E-state index contributed by atoms with van der Waals surface area (Å²) in [6.45, 7) is 7.52. The minimum atomic E-state index is 0.485. The van der Waals surface area contributed by atoms with Crippen molar-refractivity contribution < 1.29 is 0 Å². The summed E-state index contributed by atoms with van der Waals surface area (Å²) in [5.74, 6) is 3.62. The van der Waals surface area contributed by atoms with Gasteiger partial charge in [0.2, 0.25) is 0 Å². The molecule has 0 aliphatic heterocycles. The van der Waals surface area contributed by atoms with Crippen LogP contribution in [-0.2, 0) is 0 Å². The Morgan fingerprint density at radius 2 is 2.00 bits per heavy atom. The van der Waals surface area contributed by atoms with E-state index in [1.807, 2.05) is 7.05 Å². The lowest BCUT2D eigenvalue weighted by atomic mass is 10.2. The molecule has 0 amide bonds. The standard InChI is InChI=1S/C10H19N/c1-5-6-8-11(4)9-7-10(2)3/h10H,5-6,8H2,1-4H3. The molecule has 1 nitrogen and oxygen atoms in total. The largest absolute Gasteiger partial charge is 0.336 e. The molecule has 0 radical (unpaired) electrons. The highest BCUT2D eigenvalue weighted by Crippen LogP contribution is 1.91. The molecule has 11 heavy (non-hydrogen) atoms. The summed E-state index contributed by atoms with van der Waals surface area (Å²) in [6.07, 6.45) is 2.48. The minimum Gasteiger partial charge on any atom is -0.336 e. The number of hydrogen-bond donors (Lipinski definition) is 0. The van der Waals surface area contributed by atoms with Crippen LogP contribution in [0.25, 0.3) is 0 Å². The van der Waals surface area contributed by atoms with Crippen molar-refractivity contribution in [3.8, 4) is 12.0 Å². The van der Waals surface area contributed by atoms with Crippen LogP contribution in [0.5, 0.6) is 0 Å². The Hall–Kier alpha value is -0.640. The third kappa shape index (κ3) is 7.25. The molecule has 0 saturated carbocycles. The molecule has 0 rings (SSSR count). The van der Waals surface area contributed by atoms with Gasteiger partial charge in [0, 0.05) is 25.6 Å². The van der Waals surface area contributed by atoms with Crippen molar-refractivity contribution >= 4 is 0 Å². The number of unbranched alkanes of at least 4 members (excludes halogenated alkanes) is 1. The SMILES string of the molecule is CCCCN(C)C#CC(C)C. The molecular formula is C10H19N. The summed E-state index contributed by atoms with van der Waals surface area (Å²) in [5, 5.41) is 0. The maximum absolute atomic E-state index is 3.13. The molecule has 0 aliphatic carbocycles. The summed E-state index contributed by atoms with van der Waals surface area (Å²) >= 11 is 0. The molecule has 0 fully saturated rings. The van der Waals surface area contributed by atoms with Gasteiger partial charge in [-0.1, -0.05) is 33.1 Å². The van der Waals surface area contributed by atoms with Gasteiger partial charge in [-0.25, -0.2) is 0 Å². The van der Waals surface area contributed by atoms with Crippen molar-refractivity contribution in [2.24, 2.45) is 5.92 Å². The van der Waals surface area contributed by atoms with E-state index < -0.39 is 0 Å². The molecule has 0 unspecified atom stereocenters. The second-order valence-corrected chi connectivity index (χ2v) is 3.19. The van der Waals surface area contributed by atoms with E-state index >= 15 is 0 Å². The van der Waals surface area contributed by atoms with Crippen molar-refractivity contribution in [1.82, 2.24) is 4.90 Å². The maximum Gasteiger partial charge on any atom is 0.0257 e. The quantitative estimate of drug-likeness (QED) is 0.444. The monoisotopic (exact) mass is 153 g/mol. The second-order valence-electron chi connectivity index (χ2n) is 3.19. The molecular weight excluding hydrogens is 134 g/mol. The van der Waals surface area contributed by atoms with Crippen molar-refractivity contribution in [2.45, 2.75) is 33.6 Å². The fraction of sp³-hybridized carbons (Fsp3) is 0.800. The highest BCUT2D eigenvalue weighted by atomic mass is 15.1. The van der Waals surface area contributed by atoms with Crippen LogP contribution in [0.4, 0.5) is 0 Å². The smallest absolute Gasteiger partial charge is 0.0257 e. The number of rotatable bonds is 3. The molecule has 0 aromatic rings. The van der Waals surface area contributed by atoms with E-state index in [1.54, 1.807) is 0 Å². The van der Waals surface area contributed by atoms with Crippen molar-refractivity contribution in [1.29, 1.82) is 0 Å². The predicted octanol–water partition coefficient (Wildman–Crippen LogP) is 2.34. The molecule has 1 heteroatoms. The molecule has 0 atom stereocenters. The number of hydrogen-bond acceptors (Lipinski definition) is 1. The van der Waals surface area contributed by atoms with Gasteiger partial charge in [-0.2, -0.15) is 0 Å². The lowest BCUT2D eigenvalue weighted by Crippen LogP contribution is -2.12. The van der Waals surface area contributed by atoms with Crippen LogP contribution in [0.3, 0.4) is 0 Å². The molecule has 0 N–H and O–H groups in total. The average Bonchev–Trinajstić information content (AvgIpc) is 1.97. The van der Waals surface area contributed by atoms with Crippen LogP contribution in [-0.4, -0.2) is 18.5 Å². The first-order valence-electron chi connectivity index (χ1n) is 4.39. The Labute approximate surface area is 70.8 Å². The fourth-order valence-corrected chi connectivity index (χ4v) is 0.690. The summed E-state index contributed by atoms with van der Waals surface area (Å²) in [4.78, 5) is 2.07. The van der Waals surface area contributed by atoms with Gasteiger partial charge in [-0.15, -0.1) is 0 Å². The molecule has 0 aliphatic rings. The lowest BCUT2D eigenvalue weighted by Gasteiger charge is -2.08. The first-order valence-corrected chi connectivity index (χ1v) is 4.39. The zero-order valence-corrected chi connectivity index (χ0v) is 8.15. The van der Waals surface area contributed by atoms with E-state index in [1.165, 1.54) is 12.8 Å². The van der Waals surface area contributed by atoms with E-state index in [9.17, 15) is 0 Å². The maximum atomic E-state index is 3.13. The molecule has 0 spiro atoms. The van der Waals surface area contributed by atoms with E-state index in [-0.39, 0.29) is 0 Å². The Kier molecular flexibility index (Phi) is 5.74. The van der Waals surface area contributed by atoms with Crippen molar-refractivity contribution in [2.75, 3.05) is 13.6 Å². The topological polar surface area (TPSA) is 3.24 Å². The Balaban J connectivity index is 3.53. The minimum absolute atomic E-state index is 0.485. The van der Waals surface area contributed by atoms with E-state index in [2.05, 4.69) is 37.6 Å². The van der Waals surface area contributed by atoms with Crippen LogP contribution in [0.2, 0.25) is 0 Å². The first-order chi connectivity index (χ1) is 5.16. The third-order valence-electron chi connectivity index (χ3n) is 1.39. The summed E-state index contributed by atoms with van der Waals surface area (Å²) in [5.41, 5.74) is 0. The number of nitrogens with zero attached hydrogens (tertiary/aromatic N) is 1. The normalized spacial score (nSPS) is 9.18. The first kappa shape index (κ1) is 10.4. The van der Waals surface area contributed by atoms with Crippen molar-refractivity contribution in [3.63, 3.8) is 0 Å². The van der Waals surface area contributed by atoms with Crippen LogP contribution in [0, 0.1) is 17.9 Å². The zero-order chi connectivity index (χ0) is 8.69. The van der Waals surface area contributed by atoms with Gasteiger partial charge in [-0.3, -0.25) is 0 Å². The zero-order valence-electron chi connectivity index (χ0n) is 8.15. The van der Waals surface area contributed by atoms with Gasteiger partial charge in [0.1, 0.15) is 0 Å². The Morgan fingerprint density at radius 1 is 1.36 bits per heavy atom. The predicted molar refractivity (Wildman–Crippen MR) is 50.2 cm³/mol. The third-order valence-corrected chi connectivity index (χ3v) is 1.39. The molecule has 0 bridgehead atoms. The molecule has 0 aromatic heterocycles. The molecule has 0 saturated heterocycles. The van der Waals surface area contributed by atoms with Gasteiger partial charge in [0.25, 0.3) is 0 Å². The van der Waals surface area contributed by atoms with Crippen molar-refractivity contribution in [3.05, 3.63) is 0 Å². The second kappa shape index (κ2) is 6.09. The van der Waals surface area contributed by atoms with Gasteiger partial charge < -0.3 is 4.90 Å².